The summed E-state index contributed by atoms with van der Waals surface area (Å²) in [6, 6.07) is 5.61. The summed E-state index contributed by atoms with van der Waals surface area (Å²) in [4.78, 5) is 40.9. The van der Waals surface area contributed by atoms with Crippen molar-refractivity contribution in [3.63, 3.8) is 0 Å². The summed E-state index contributed by atoms with van der Waals surface area (Å²) in [7, 11) is 3.38. The van der Waals surface area contributed by atoms with Crippen molar-refractivity contribution in [1.82, 2.24) is 15.5 Å². The summed E-state index contributed by atoms with van der Waals surface area (Å²) in [6.07, 6.45) is 3.64. The third-order valence-electron chi connectivity index (χ3n) is 8.55. The third kappa shape index (κ3) is 16.7. The van der Waals surface area contributed by atoms with Crippen LogP contribution in [0.25, 0.3) is 0 Å². The number of benzene rings is 1. The van der Waals surface area contributed by atoms with E-state index in [-0.39, 0.29) is 23.3 Å². The number of ether oxygens (including phenoxy) is 5. The monoisotopic (exact) mass is 739 g/mol. The first-order chi connectivity index (χ1) is 24.0. The van der Waals surface area contributed by atoms with E-state index in [0.717, 1.165) is 17.9 Å². The Labute approximate surface area is 310 Å². The Morgan fingerprint density at radius 2 is 1.33 bits per heavy atom. The number of aliphatic carboxylic acids is 1. The molecule has 2 amide bonds. The molecule has 3 N–H and O–H groups in total. The summed E-state index contributed by atoms with van der Waals surface area (Å²) in [5.74, 6) is -0.0244. The van der Waals surface area contributed by atoms with Gasteiger partial charge in [-0.1, -0.05) is 66.7 Å². The molecule has 0 aliphatic carbocycles. The summed E-state index contributed by atoms with van der Waals surface area (Å²) < 4.78 is 27.9. The smallest absolute Gasteiger partial charge is 0.331 e. The van der Waals surface area contributed by atoms with Gasteiger partial charge in [0.1, 0.15) is 18.4 Å². The van der Waals surface area contributed by atoms with Gasteiger partial charge in [-0.2, -0.15) is 11.8 Å². The number of nitrogens with one attached hydrogen (secondary N) is 2. The molecule has 3 atom stereocenters. The van der Waals surface area contributed by atoms with Crippen LogP contribution in [0.4, 0.5) is 0 Å². The zero-order valence-electron chi connectivity index (χ0n) is 32.8. The Morgan fingerprint density at radius 1 is 0.843 bits per heavy atom. The Balaban J connectivity index is 2.71. The number of likely N-dealkylation sites (N-methyl/N-ethyl adjacent to an activating group) is 2. The number of amides is 2. The number of carbonyl (C=O) groups is 3. The predicted octanol–water partition coefficient (Wildman–Crippen LogP) is 4.41. The topological polar surface area (TPSA) is 145 Å². The molecule has 0 aliphatic rings. The molecule has 13 heteroatoms. The minimum Gasteiger partial charge on any atom is -0.491 e. The Hall–Kier alpha value is -2.68. The van der Waals surface area contributed by atoms with E-state index in [0.29, 0.717) is 58.6 Å². The van der Waals surface area contributed by atoms with Crippen LogP contribution in [0, 0.1) is 11.3 Å². The number of hydrogen-bond acceptors (Lipinski definition) is 10. The van der Waals surface area contributed by atoms with Gasteiger partial charge >= 0.3 is 5.97 Å². The lowest BCUT2D eigenvalue weighted by atomic mass is 9.76. The molecule has 0 aromatic heterocycles. The maximum Gasteiger partial charge on any atom is 0.331 e. The van der Waals surface area contributed by atoms with E-state index in [1.165, 1.54) is 11.8 Å². The van der Waals surface area contributed by atoms with E-state index < -0.39 is 34.9 Å². The summed E-state index contributed by atoms with van der Waals surface area (Å²) >= 11 is 1.76. The van der Waals surface area contributed by atoms with Gasteiger partial charge in [0.2, 0.25) is 11.8 Å². The molecular weight excluding hydrogens is 674 g/mol. The van der Waals surface area contributed by atoms with Crippen LogP contribution in [-0.4, -0.2) is 131 Å². The van der Waals surface area contributed by atoms with Gasteiger partial charge in [0.25, 0.3) is 0 Å². The second-order valence-electron chi connectivity index (χ2n) is 14.4. The lowest BCUT2D eigenvalue weighted by Gasteiger charge is -2.40. The van der Waals surface area contributed by atoms with Crippen molar-refractivity contribution in [2.45, 2.75) is 78.9 Å². The minimum absolute atomic E-state index is 0.0471. The fourth-order valence-electron chi connectivity index (χ4n) is 5.39. The average Bonchev–Trinajstić information content (AvgIpc) is 3.06. The zero-order chi connectivity index (χ0) is 38.6. The molecule has 0 aliphatic heterocycles. The highest BCUT2D eigenvalue weighted by atomic mass is 32.2. The van der Waals surface area contributed by atoms with Crippen molar-refractivity contribution in [1.29, 1.82) is 0 Å². The van der Waals surface area contributed by atoms with E-state index in [4.69, 9.17) is 23.7 Å². The van der Waals surface area contributed by atoms with E-state index in [1.54, 1.807) is 31.9 Å². The molecule has 0 heterocycles. The van der Waals surface area contributed by atoms with Crippen LogP contribution in [0.1, 0.15) is 61.0 Å². The van der Waals surface area contributed by atoms with Gasteiger partial charge in [0, 0.05) is 23.8 Å². The molecule has 0 spiro atoms. The van der Waals surface area contributed by atoms with E-state index in [2.05, 4.69) is 16.9 Å². The number of carbonyl (C=O) groups excluding carboxylic acids is 2. The number of thioether (sulfide) groups is 1. The van der Waals surface area contributed by atoms with Crippen molar-refractivity contribution in [3.05, 3.63) is 41.5 Å². The summed E-state index contributed by atoms with van der Waals surface area (Å²) in [6.45, 7) is 19.6. The van der Waals surface area contributed by atoms with Crippen LogP contribution in [0.3, 0.4) is 0 Å². The van der Waals surface area contributed by atoms with Crippen LogP contribution in [0.2, 0.25) is 0 Å². The van der Waals surface area contributed by atoms with Crippen LogP contribution in [0.5, 0.6) is 5.75 Å². The highest BCUT2D eigenvalue weighted by Gasteiger charge is 2.41. The fraction of sp³-hybridized carbons (Fsp3) is 0.711. The molecule has 0 unspecified atom stereocenters. The first kappa shape index (κ1) is 46.3. The number of rotatable bonds is 26. The SMILES string of the molecule is CN[C@H](C(=O)N[C@H](C(=O)N(C)[C@H](/C=C(\C)C(=O)O)C(C)C)C(C)(C)C)C(C)(C)c1ccc(OCCOCCOCCOCCOCCSC)cc1. The predicted molar refractivity (Wildman–Crippen MR) is 204 cm³/mol. The molecule has 51 heavy (non-hydrogen) atoms. The standard InChI is InChI=1S/C38H65N3O9S/c1-27(2)31(26-28(3)36(44)45)41(10)35(43)33(37(4,5)6)40-34(42)32(39-9)38(7,8)29-12-14-30(15-13-29)50-23-22-48-19-18-46-16-17-47-20-21-49-24-25-51-11/h12-15,26-27,31-33,39H,16-25H2,1-11H3,(H,40,42)(H,44,45)/b28-26+/t31-,32-,33-/m1/s1. The Bertz CT molecular complexity index is 1200. The molecule has 0 fully saturated rings. The third-order valence-corrected chi connectivity index (χ3v) is 9.13. The van der Waals surface area contributed by atoms with Crippen molar-refractivity contribution >= 4 is 29.5 Å². The van der Waals surface area contributed by atoms with Crippen molar-refractivity contribution in [2.75, 3.05) is 85.6 Å². The summed E-state index contributed by atoms with van der Waals surface area (Å²) in [5, 5.41) is 15.6. The van der Waals surface area contributed by atoms with Gasteiger partial charge in [0.15, 0.2) is 0 Å². The van der Waals surface area contributed by atoms with E-state index in [9.17, 15) is 19.5 Å². The molecular formula is C38H65N3O9S. The zero-order valence-corrected chi connectivity index (χ0v) is 33.7. The van der Waals surface area contributed by atoms with Crippen LogP contribution >= 0.6 is 11.8 Å². The quantitative estimate of drug-likeness (QED) is 0.0919. The van der Waals surface area contributed by atoms with Gasteiger partial charge in [0.05, 0.1) is 64.9 Å². The molecule has 0 saturated heterocycles. The second kappa shape index (κ2) is 23.8. The molecule has 12 nitrogen and oxygen atoms in total. The van der Waals surface area contributed by atoms with Crippen molar-refractivity contribution in [2.24, 2.45) is 11.3 Å². The molecule has 1 aromatic carbocycles. The van der Waals surface area contributed by atoms with Crippen molar-refractivity contribution < 1.29 is 43.2 Å². The van der Waals surface area contributed by atoms with E-state index >= 15 is 0 Å². The number of carboxylic acids is 1. The Morgan fingerprint density at radius 3 is 1.76 bits per heavy atom. The fourth-order valence-corrected chi connectivity index (χ4v) is 5.68. The molecule has 0 radical (unpaired) electrons. The van der Waals surface area contributed by atoms with Gasteiger partial charge < -0.3 is 44.3 Å². The molecule has 1 rings (SSSR count). The second-order valence-corrected chi connectivity index (χ2v) is 15.4. The number of nitrogens with zero attached hydrogens (tertiary/aromatic N) is 1. The molecule has 292 valence electrons. The first-order valence-electron chi connectivity index (χ1n) is 17.7. The minimum atomic E-state index is -1.04. The normalized spacial score (nSPS) is 14.2. The van der Waals surface area contributed by atoms with Crippen LogP contribution in [-0.2, 0) is 38.7 Å². The van der Waals surface area contributed by atoms with Crippen molar-refractivity contribution in [3.8, 4) is 5.75 Å². The summed E-state index contributed by atoms with van der Waals surface area (Å²) in [5.41, 5.74) is -0.213. The number of hydrogen-bond donors (Lipinski definition) is 3. The first-order valence-corrected chi connectivity index (χ1v) is 19.1. The van der Waals surface area contributed by atoms with Gasteiger partial charge in [-0.05, 0) is 49.3 Å². The maximum absolute atomic E-state index is 13.9. The van der Waals surface area contributed by atoms with Gasteiger partial charge in [-0.3, -0.25) is 9.59 Å². The van der Waals surface area contributed by atoms with Crippen LogP contribution in [0.15, 0.2) is 35.9 Å². The number of carboxylic acid groups (broad SMARTS) is 1. The van der Waals surface area contributed by atoms with Crippen LogP contribution < -0.4 is 15.4 Å². The van der Waals surface area contributed by atoms with Gasteiger partial charge in [-0.15, -0.1) is 0 Å². The molecule has 0 saturated carbocycles. The van der Waals surface area contributed by atoms with Gasteiger partial charge in [-0.25, -0.2) is 4.79 Å². The maximum atomic E-state index is 13.9. The lowest BCUT2D eigenvalue weighted by Crippen LogP contribution is -2.61. The molecule has 0 bridgehead atoms. The lowest BCUT2D eigenvalue weighted by molar-refractivity contribution is -0.141. The molecule has 1 aromatic rings. The average molecular weight is 740 g/mol. The largest absolute Gasteiger partial charge is 0.491 e. The highest BCUT2D eigenvalue weighted by Crippen LogP contribution is 2.30. The van der Waals surface area contributed by atoms with E-state index in [1.807, 2.05) is 72.7 Å². The Kier molecular flexibility index (Phi) is 21.6. The highest BCUT2D eigenvalue weighted by molar-refractivity contribution is 7.98.